The van der Waals surface area contributed by atoms with Gasteiger partial charge in [-0.3, -0.25) is 4.79 Å². The molecule has 0 saturated carbocycles. The van der Waals surface area contributed by atoms with E-state index in [0.29, 0.717) is 27.9 Å². The molecule has 4 rings (SSSR count). The van der Waals surface area contributed by atoms with Crippen molar-refractivity contribution >= 4 is 16.8 Å². The van der Waals surface area contributed by atoms with Gasteiger partial charge in [0, 0.05) is 36.7 Å². The van der Waals surface area contributed by atoms with E-state index >= 15 is 0 Å². The molecule has 1 aliphatic rings. The summed E-state index contributed by atoms with van der Waals surface area (Å²) in [6, 6.07) is 8.39. The molecule has 0 bridgehead atoms. The minimum Gasteiger partial charge on any atom is -0.360 e. The van der Waals surface area contributed by atoms with Crippen LogP contribution in [0.5, 0.6) is 0 Å². The summed E-state index contributed by atoms with van der Waals surface area (Å²) in [5, 5.41) is 0.687. The number of para-hydroxylation sites is 1. The van der Waals surface area contributed by atoms with E-state index in [1.165, 1.54) is 6.07 Å². The summed E-state index contributed by atoms with van der Waals surface area (Å²) >= 11 is 0. The standard InChI is InChI=1S/C20H19F2N3O/c1-19(2)17-12(18(26)25(19)4)8-9-15(24-17)13-10-23-16-11(13)6-5-7-14(16)20(3,21)22/h5-10,23H,1-4H3. The smallest absolute Gasteiger partial charge is 0.272 e. The van der Waals surface area contributed by atoms with Gasteiger partial charge in [-0.15, -0.1) is 0 Å². The van der Waals surface area contributed by atoms with Crippen LogP contribution in [0, 0.1) is 0 Å². The molecule has 1 aliphatic heterocycles. The van der Waals surface area contributed by atoms with Crippen molar-refractivity contribution in [1.29, 1.82) is 0 Å². The van der Waals surface area contributed by atoms with Crippen molar-refractivity contribution in [3.05, 3.63) is 53.3 Å². The van der Waals surface area contributed by atoms with E-state index in [4.69, 9.17) is 4.98 Å². The summed E-state index contributed by atoms with van der Waals surface area (Å²) in [5.41, 5.74) is 2.53. The van der Waals surface area contributed by atoms with E-state index in [1.54, 1.807) is 42.4 Å². The van der Waals surface area contributed by atoms with Gasteiger partial charge in [-0.05, 0) is 26.0 Å². The summed E-state index contributed by atoms with van der Waals surface area (Å²) in [5.74, 6) is -3.00. The van der Waals surface area contributed by atoms with Crippen LogP contribution in [-0.4, -0.2) is 27.8 Å². The zero-order valence-electron chi connectivity index (χ0n) is 15.0. The lowest BCUT2D eigenvalue weighted by atomic mass is 9.98. The first-order chi connectivity index (χ1) is 12.1. The Hall–Kier alpha value is -2.76. The molecule has 1 N–H and O–H groups in total. The quantitative estimate of drug-likeness (QED) is 0.727. The Kier molecular flexibility index (Phi) is 3.29. The maximum Gasteiger partial charge on any atom is 0.272 e. The Morgan fingerprint density at radius 2 is 1.88 bits per heavy atom. The molecule has 0 unspecified atom stereocenters. The molecule has 0 fully saturated rings. The van der Waals surface area contributed by atoms with Crippen molar-refractivity contribution in [3.63, 3.8) is 0 Å². The van der Waals surface area contributed by atoms with Crippen LogP contribution in [0.15, 0.2) is 36.5 Å². The van der Waals surface area contributed by atoms with E-state index in [1.807, 2.05) is 13.8 Å². The zero-order valence-corrected chi connectivity index (χ0v) is 15.0. The molecule has 0 spiro atoms. The normalized spacial score (nSPS) is 16.4. The van der Waals surface area contributed by atoms with Crippen LogP contribution in [0.25, 0.3) is 22.2 Å². The van der Waals surface area contributed by atoms with Crippen molar-refractivity contribution in [2.24, 2.45) is 0 Å². The number of rotatable bonds is 2. The van der Waals surface area contributed by atoms with Gasteiger partial charge in [0.05, 0.1) is 28.0 Å². The second-order valence-electron chi connectivity index (χ2n) is 7.33. The molecule has 0 saturated heterocycles. The molecule has 26 heavy (non-hydrogen) atoms. The largest absolute Gasteiger partial charge is 0.360 e. The van der Waals surface area contributed by atoms with E-state index < -0.39 is 11.5 Å². The lowest BCUT2D eigenvalue weighted by Crippen LogP contribution is -2.35. The SMILES string of the molecule is CN1C(=O)c2ccc(-c3c[nH]c4c(C(C)(F)F)cccc34)nc2C1(C)C. The van der Waals surface area contributed by atoms with Gasteiger partial charge >= 0.3 is 0 Å². The lowest BCUT2D eigenvalue weighted by molar-refractivity contribution is 0.0189. The third-order valence-electron chi connectivity index (χ3n) is 5.31. The molecule has 3 heterocycles. The van der Waals surface area contributed by atoms with E-state index in [0.717, 1.165) is 12.5 Å². The molecule has 0 radical (unpaired) electrons. The number of hydrogen-bond acceptors (Lipinski definition) is 2. The van der Waals surface area contributed by atoms with Crippen LogP contribution in [0.4, 0.5) is 8.78 Å². The fraction of sp³-hybridized carbons (Fsp3) is 0.300. The van der Waals surface area contributed by atoms with Crippen molar-refractivity contribution in [3.8, 4) is 11.3 Å². The minimum atomic E-state index is -2.94. The van der Waals surface area contributed by atoms with Crippen LogP contribution in [0.3, 0.4) is 0 Å². The summed E-state index contributed by atoms with van der Waals surface area (Å²) in [6.45, 7) is 4.77. The Bertz CT molecular complexity index is 1050. The molecule has 3 aromatic rings. The number of carbonyl (C=O) groups excluding carboxylic acids is 1. The predicted octanol–water partition coefficient (Wildman–Crippen LogP) is 4.66. The van der Waals surface area contributed by atoms with Gasteiger partial charge in [-0.25, -0.2) is 13.8 Å². The number of H-pyrrole nitrogens is 1. The number of aromatic nitrogens is 2. The van der Waals surface area contributed by atoms with Gasteiger partial charge in [0.2, 0.25) is 0 Å². The number of halogens is 2. The Morgan fingerprint density at radius 3 is 2.58 bits per heavy atom. The van der Waals surface area contributed by atoms with Gasteiger partial charge < -0.3 is 9.88 Å². The minimum absolute atomic E-state index is 0.0438. The number of aromatic amines is 1. The molecule has 4 nitrogen and oxygen atoms in total. The lowest BCUT2D eigenvalue weighted by Gasteiger charge is -2.27. The topological polar surface area (TPSA) is 49.0 Å². The number of benzene rings is 1. The number of amides is 1. The number of hydrogen-bond donors (Lipinski definition) is 1. The number of pyridine rings is 1. The molecule has 0 atom stereocenters. The molecular weight excluding hydrogens is 336 g/mol. The van der Waals surface area contributed by atoms with Gasteiger partial charge in [-0.2, -0.15) is 0 Å². The first-order valence-corrected chi connectivity index (χ1v) is 8.41. The molecular formula is C20H19F2N3O. The van der Waals surface area contributed by atoms with Crippen molar-refractivity contribution in [1.82, 2.24) is 14.9 Å². The number of carbonyl (C=O) groups is 1. The van der Waals surface area contributed by atoms with Gasteiger partial charge in [0.25, 0.3) is 11.8 Å². The molecule has 1 amide bonds. The maximum atomic E-state index is 13.9. The monoisotopic (exact) mass is 355 g/mol. The summed E-state index contributed by atoms with van der Waals surface area (Å²) in [4.78, 5) is 21.7. The number of alkyl halides is 2. The highest BCUT2D eigenvalue weighted by molar-refractivity contribution is 6.00. The highest BCUT2D eigenvalue weighted by Crippen LogP contribution is 2.40. The van der Waals surface area contributed by atoms with Crippen LogP contribution in [0.1, 0.15) is 42.4 Å². The molecule has 0 aliphatic carbocycles. The average Bonchev–Trinajstić information content (AvgIpc) is 3.08. The van der Waals surface area contributed by atoms with E-state index in [9.17, 15) is 13.6 Å². The fourth-order valence-electron chi connectivity index (χ4n) is 3.57. The number of nitrogens with zero attached hydrogens (tertiary/aromatic N) is 2. The van der Waals surface area contributed by atoms with Crippen LogP contribution in [-0.2, 0) is 11.5 Å². The Morgan fingerprint density at radius 1 is 1.15 bits per heavy atom. The van der Waals surface area contributed by atoms with Crippen LogP contribution < -0.4 is 0 Å². The average molecular weight is 355 g/mol. The Balaban J connectivity index is 1.91. The zero-order chi connectivity index (χ0) is 18.9. The third-order valence-corrected chi connectivity index (χ3v) is 5.31. The Labute approximate surface area is 149 Å². The first kappa shape index (κ1) is 16.7. The van der Waals surface area contributed by atoms with Gasteiger partial charge in [0.1, 0.15) is 0 Å². The summed E-state index contributed by atoms with van der Waals surface area (Å²) < 4.78 is 27.8. The van der Waals surface area contributed by atoms with Crippen LogP contribution >= 0.6 is 0 Å². The van der Waals surface area contributed by atoms with Gasteiger partial charge in [0.15, 0.2) is 0 Å². The molecule has 6 heteroatoms. The van der Waals surface area contributed by atoms with E-state index in [2.05, 4.69) is 4.98 Å². The van der Waals surface area contributed by atoms with Crippen molar-refractivity contribution < 1.29 is 13.6 Å². The van der Waals surface area contributed by atoms with Crippen molar-refractivity contribution in [2.45, 2.75) is 32.2 Å². The fourth-order valence-corrected chi connectivity index (χ4v) is 3.57. The first-order valence-electron chi connectivity index (χ1n) is 8.41. The molecule has 1 aromatic carbocycles. The highest BCUT2D eigenvalue weighted by atomic mass is 19.3. The number of nitrogens with one attached hydrogen (secondary N) is 1. The number of fused-ring (bicyclic) bond motifs is 2. The van der Waals surface area contributed by atoms with Gasteiger partial charge in [-0.1, -0.05) is 18.2 Å². The maximum absolute atomic E-state index is 13.9. The third kappa shape index (κ3) is 2.18. The van der Waals surface area contributed by atoms with Crippen LogP contribution in [0.2, 0.25) is 0 Å². The molecule has 134 valence electrons. The predicted molar refractivity (Wildman–Crippen MR) is 96.2 cm³/mol. The second kappa shape index (κ2) is 5.13. The highest BCUT2D eigenvalue weighted by Gasteiger charge is 2.42. The second-order valence-corrected chi connectivity index (χ2v) is 7.33. The van der Waals surface area contributed by atoms with E-state index in [-0.39, 0.29) is 11.5 Å². The van der Waals surface area contributed by atoms with Crippen molar-refractivity contribution in [2.75, 3.05) is 7.05 Å². The molecule has 2 aromatic heterocycles. The summed E-state index contributed by atoms with van der Waals surface area (Å²) in [6.07, 6.45) is 1.70. The summed E-state index contributed by atoms with van der Waals surface area (Å²) in [7, 11) is 1.75.